The molecule has 0 saturated carbocycles. The molecule has 0 aliphatic carbocycles. The van der Waals surface area contributed by atoms with Gasteiger partial charge in [0.05, 0.1) is 0 Å². The minimum atomic E-state index is 1.25. The highest BCUT2D eigenvalue weighted by molar-refractivity contribution is 6.24. The Balaban J connectivity index is 1.63. The molecule has 0 saturated heterocycles. The zero-order valence-electron chi connectivity index (χ0n) is 20.8. The van der Waals surface area contributed by atoms with Crippen LogP contribution in [0.25, 0.3) is 65.7 Å². The summed E-state index contributed by atoms with van der Waals surface area (Å²) in [5.74, 6) is 0. The number of benzene rings is 7. The first-order valence-electron chi connectivity index (χ1n) is 12.9. The van der Waals surface area contributed by atoms with Gasteiger partial charge < -0.3 is 0 Å². The van der Waals surface area contributed by atoms with Crippen molar-refractivity contribution in [3.63, 3.8) is 0 Å². The molecule has 0 radical (unpaired) electrons. The molecule has 0 aliphatic heterocycles. The highest BCUT2D eigenvalue weighted by atomic mass is 14.2. The van der Waals surface area contributed by atoms with Crippen LogP contribution in [0.5, 0.6) is 0 Å². The van der Waals surface area contributed by atoms with E-state index in [2.05, 4.69) is 146 Å². The van der Waals surface area contributed by atoms with Gasteiger partial charge in [0.25, 0.3) is 0 Å². The van der Waals surface area contributed by atoms with Crippen LogP contribution in [-0.4, -0.2) is 0 Å². The van der Waals surface area contributed by atoms with Gasteiger partial charge in [0.15, 0.2) is 0 Å². The standard InChI is InChI=1S/C37H26/c1-25-13-5-6-16-27(25)36-31-19-9-11-21-33(31)37(34-22-12-10-20-32(34)36)35-24-23-28(26-14-3-2-4-15-26)29-17-7-8-18-30(29)35/h2-24H,1H3. The van der Waals surface area contributed by atoms with E-state index in [-0.39, 0.29) is 0 Å². The topological polar surface area (TPSA) is 0 Å². The van der Waals surface area contributed by atoms with E-state index >= 15 is 0 Å². The minimum Gasteiger partial charge on any atom is -0.0622 e. The SMILES string of the molecule is Cc1ccccc1-c1c2ccccc2c(-c2ccc(-c3ccccc3)c3ccccc23)c2ccccc12. The van der Waals surface area contributed by atoms with Crippen molar-refractivity contribution in [2.24, 2.45) is 0 Å². The van der Waals surface area contributed by atoms with Gasteiger partial charge in [-0.25, -0.2) is 0 Å². The quantitative estimate of drug-likeness (QED) is 0.225. The normalized spacial score (nSPS) is 11.4. The summed E-state index contributed by atoms with van der Waals surface area (Å²) in [5.41, 5.74) is 9.01. The van der Waals surface area contributed by atoms with Crippen molar-refractivity contribution < 1.29 is 0 Å². The second kappa shape index (κ2) is 8.76. The molecule has 0 heteroatoms. The molecule has 0 aromatic heterocycles. The molecule has 0 unspecified atom stereocenters. The highest BCUT2D eigenvalue weighted by Gasteiger charge is 2.19. The second-order valence-electron chi connectivity index (χ2n) is 9.73. The fourth-order valence-corrected chi connectivity index (χ4v) is 5.95. The van der Waals surface area contributed by atoms with E-state index in [4.69, 9.17) is 0 Å². The summed E-state index contributed by atoms with van der Waals surface area (Å²) < 4.78 is 0. The predicted molar refractivity (Wildman–Crippen MR) is 160 cm³/mol. The first-order chi connectivity index (χ1) is 18.3. The van der Waals surface area contributed by atoms with Crippen LogP contribution in [-0.2, 0) is 0 Å². The molecular formula is C37H26. The Morgan fingerprint density at radius 2 is 0.703 bits per heavy atom. The lowest BCUT2D eigenvalue weighted by molar-refractivity contribution is 1.47. The van der Waals surface area contributed by atoms with Crippen molar-refractivity contribution in [2.45, 2.75) is 6.92 Å². The molecule has 7 rings (SSSR count). The number of hydrogen-bond donors (Lipinski definition) is 0. The van der Waals surface area contributed by atoms with Gasteiger partial charge in [0.1, 0.15) is 0 Å². The smallest absolute Gasteiger partial charge is 0.00201 e. The Morgan fingerprint density at radius 1 is 0.297 bits per heavy atom. The van der Waals surface area contributed by atoms with Crippen LogP contribution in [0.15, 0.2) is 140 Å². The summed E-state index contributed by atoms with van der Waals surface area (Å²) in [5, 5.41) is 7.72. The maximum absolute atomic E-state index is 2.33. The molecule has 0 fully saturated rings. The van der Waals surface area contributed by atoms with Gasteiger partial charge >= 0.3 is 0 Å². The molecule has 0 amide bonds. The van der Waals surface area contributed by atoms with Crippen molar-refractivity contribution in [1.82, 2.24) is 0 Å². The van der Waals surface area contributed by atoms with E-state index < -0.39 is 0 Å². The summed E-state index contributed by atoms with van der Waals surface area (Å²) in [4.78, 5) is 0. The molecule has 7 aromatic carbocycles. The van der Waals surface area contributed by atoms with Gasteiger partial charge in [-0.3, -0.25) is 0 Å². The lowest BCUT2D eigenvalue weighted by atomic mass is 9.83. The Hall–Kier alpha value is -4.68. The molecule has 37 heavy (non-hydrogen) atoms. The third-order valence-corrected chi connectivity index (χ3v) is 7.62. The third kappa shape index (κ3) is 3.45. The van der Waals surface area contributed by atoms with Crippen molar-refractivity contribution in [2.75, 3.05) is 0 Å². The summed E-state index contributed by atoms with van der Waals surface area (Å²) in [6.45, 7) is 2.21. The third-order valence-electron chi connectivity index (χ3n) is 7.62. The average molecular weight is 471 g/mol. The molecule has 7 aromatic rings. The van der Waals surface area contributed by atoms with E-state index in [9.17, 15) is 0 Å². The Kier molecular flexibility index (Phi) is 5.11. The maximum Gasteiger partial charge on any atom is -0.00201 e. The molecule has 0 N–H and O–H groups in total. The van der Waals surface area contributed by atoms with E-state index in [0.29, 0.717) is 0 Å². The summed E-state index contributed by atoms with van der Waals surface area (Å²) >= 11 is 0. The van der Waals surface area contributed by atoms with Gasteiger partial charge in [-0.1, -0.05) is 140 Å². The number of rotatable bonds is 3. The van der Waals surface area contributed by atoms with Crippen LogP contribution < -0.4 is 0 Å². The fraction of sp³-hybridized carbons (Fsp3) is 0.0270. The Morgan fingerprint density at radius 3 is 1.27 bits per heavy atom. The van der Waals surface area contributed by atoms with E-state index in [0.717, 1.165) is 0 Å². The van der Waals surface area contributed by atoms with Gasteiger partial charge in [-0.05, 0) is 78.2 Å². The van der Waals surface area contributed by atoms with Gasteiger partial charge in [0.2, 0.25) is 0 Å². The van der Waals surface area contributed by atoms with Crippen LogP contribution >= 0.6 is 0 Å². The lowest BCUT2D eigenvalue weighted by Gasteiger charge is -2.20. The minimum absolute atomic E-state index is 1.25. The number of hydrogen-bond acceptors (Lipinski definition) is 0. The first-order valence-corrected chi connectivity index (χ1v) is 12.9. The van der Waals surface area contributed by atoms with Crippen LogP contribution in [0.2, 0.25) is 0 Å². The van der Waals surface area contributed by atoms with E-state index in [1.54, 1.807) is 0 Å². The largest absolute Gasteiger partial charge is 0.0622 e. The van der Waals surface area contributed by atoms with Gasteiger partial charge in [-0.15, -0.1) is 0 Å². The molecule has 0 atom stereocenters. The van der Waals surface area contributed by atoms with Crippen molar-refractivity contribution in [3.8, 4) is 33.4 Å². The Bertz CT molecular complexity index is 1870. The van der Waals surface area contributed by atoms with E-state index in [1.807, 2.05) is 0 Å². The van der Waals surface area contributed by atoms with Crippen LogP contribution in [0.1, 0.15) is 5.56 Å². The highest BCUT2D eigenvalue weighted by Crippen LogP contribution is 2.46. The van der Waals surface area contributed by atoms with E-state index in [1.165, 1.54) is 71.3 Å². The van der Waals surface area contributed by atoms with Gasteiger partial charge in [-0.2, -0.15) is 0 Å². The molecule has 174 valence electrons. The predicted octanol–water partition coefficient (Wildman–Crippen LogP) is 10.5. The molecule has 0 aliphatic rings. The summed E-state index contributed by atoms with van der Waals surface area (Å²) in [6, 6.07) is 50.7. The monoisotopic (exact) mass is 470 g/mol. The molecule has 0 heterocycles. The lowest BCUT2D eigenvalue weighted by Crippen LogP contribution is -1.93. The molecule has 0 bridgehead atoms. The number of aryl methyl sites for hydroxylation is 1. The zero-order valence-corrected chi connectivity index (χ0v) is 20.8. The van der Waals surface area contributed by atoms with Crippen LogP contribution in [0, 0.1) is 6.92 Å². The maximum atomic E-state index is 2.33. The summed E-state index contributed by atoms with van der Waals surface area (Å²) in [7, 11) is 0. The van der Waals surface area contributed by atoms with Crippen molar-refractivity contribution >= 4 is 32.3 Å². The van der Waals surface area contributed by atoms with Crippen LogP contribution in [0.4, 0.5) is 0 Å². The second-order valence-corrected chi connectivity index (χ2v) is 9.73. The van der Waals surface area contributed by atoms with Crippen LogP contribution in [0.3, 0.4) is 0 Å². The van der Waals surface area contributed by atoms with Crippen molar-refractivity contribution in [3.05, 3.63) is 145 Å². The van der Waals surface area contributed by atoms with Crippen molar-refractivity contribution in [1.29, 1.82) is 0 Å². The molecular weight excluding hydrogens is 444 g/mol. The molecule has 0 spiro atoms. The average Bonchev–Trinajstić information content (AvgIpc) is 2.96. The Labute approximate surface area is 217 Å². The first kappa shape index (κ1) is 21.6. The fourth-order valence-electron chi connectivity index (χ4n) is 5.95. The zero-order chi connectivity index (χ0) is 24.8. The molecule has 0 nitrogen and oxygen atoms in total. The summed E-state index contributed by atoms with van der Waals surface area (Å²) in [6.07, 6.45) is 0. The van der Waals surface area contributed by atoms with Gasteiger partial charge in [0, 0.05) is 0 Å². The number of fused-ring (bicyclic) bond motifs is 3.